The maximum atomic E-state index is 5.16. The first-order chi connectivity index (χ1) is 4.31. The Balaban J connectivity index is 2.88. The molecule has 0 radical (unpaired) electrons. The summed E-state index contributed by atoms with van der Waals surface area (Å²) in [6.45, 7) is 5.85. The minimum Gasteiger partial charge on any atom is -0.477 e. The molecule has 2 heteroatoms. The van der Waals surface area contributed by atoms with Crippen molar-refractivity contribution in [1.29, 1.82) is 0 Å². The van der Waals surface area contributed by atoms with Crippen molar-refractivity contribution in [2.24, 2.45) is 0 Å². The Bertz CT molecular complexity index is 56.9. The van der Waals surface area contributed by atoms with E-state index in [1.807, 2.05) is 12.2 Å². The summed E-state index contributed by atoms with van der Waals surface area (Å²) in [6, 6.07) is 0.594. The summed E-state index contributed by atoms with van der Waals surface area (Å²) >= 11 is 0. The average Bonchev–Trinajstić information content (AvgIpc) is 1.89. The molecule has 56 valence electrons. The number of hydrogen-bond acceptors (Lipinski definition) is 1. The number of hydrogen-bond donors (Lipinski definition) is 1. The van der Waals surface area contributed by atoms with Gasteiger partial charge in [0.1, 0.15) is 0 Å². The largest absolute Gasteiger partial charge is 0.477 e. The Hall–Kier alpha value is -0.0800. The summed E-state index contributed by atoms with van der Waals surface area (Å²) in [7, 11) is 3.68. The molecule has 9 heavy (non-hydrogen) atoms. The molecule has 0 heterocycles. The van der Waals surface area contributed by atoms with Gasteiger partial charge in [-0.1, -0.05) is 0 Å². The second-order valence-corrected chi connectivity index (χ2v) is 2.20. The van der Waals surface area contributed by atoms with E-state index >= 15 is 0 Å². The van der Waals surface area contributed by atoms with Gasteiger partial charge in [0.25, 0.3) is 0 Å². The van der Waals surface area contributed by atoms with Gasteiger partial charge >= 0.3 is 0 Å². The number of rotatable bonds is 5. The first kappa shape index (κ1) is 8.92. The van der Waals surface area contributed by atoms with Gasteiger partial charge < -0.3 is 10.1 Å². The summed E-state index contributed by atoms with van der Waals surface area (Å²) in [4.78, 5) is 0. The summed E-state index contributed by atoms with van der Waals surface area (Å²) in [5.41, 5.74) is 0. The van der Waals surface area contributed by atoms with E-state index in [1.54, 1.807) is 0 Å². The van der Waals surface area contributed by atoms with Crippen LogP contribution in [0.3, 0.4) is 0 Å². The predicted molar refractivity (Wildman–Crippen MR) is 37.9 cm³/mol. The highest BCUT2D eigenvalue weighted by molar-refractivity contribution is 4.42. The quantitative estimate of drug-likeness (QED) is 0.417. The highest BCUT2D eigenvalue weighted by atomic mass is 16.5. The third-order valence-corrected chi connectivity index (χ3v) is 1.32. The summed E-state index contributed by atoms with van der Waals surface area (Å²) in [5.74, 6) is 0. The zero-order valence-electron chi connectivity index (χ0n) is 6.39. The number of ether oxygens (including phenoxy) is 1. The van der Waals surface area contributed by atoms with Crippen molar-refractivity contribution < 1.29 is 10.1 Å². The van der Waals surface area contributed by atoms with E-state index in [2.05, 4.69) is 14.0 Å². The van der Waals surface area contributed by atoms with Crippen molar-refractivity contribution in [2.75, 3.05) is 13.2 Å². The van der Waals surface area contributed by atoms with Crippen LogP contribution in [0.15, 0.2) is 0 Å². The van der Waals surface area contributed by atoms with E-state index in [9.17, 15) is 0 Å². The van der Waals surface area contributed by atoms with Crippen molar-refractivity contribution >= 4 is 0 Å². The lowest BCUT2D eigenvalue weighted by molar-refractivity contribution is -0.631. The molecule has 0 aromatic carbocycles. The fourth-order valence-electron chi connectivity index (χ4n) is 0.531. The smallest absolute Gasteiger partial charge is 0.0613 e. The molecule has 0 saturated carbocycles. The fraction of sp³-hybridized carbons (Fsp3) is 0.857. The maximum absolute atomic E-state index is 5.16. The van der Waals surface area contributed by atoms with Crippen LogP contribution >= 0.6 is 0 Å². The second-order valence-electron chi connectivity index (χ2n) is 2.20. The van der Waals surface area contributed by atoms with Crippen LogP contribution in [0.5, 0.6) is 0 Å². The molecular formula is C7H17NO. The van der Waals surface area contributed by atoms with Crippen LogP contribution in [0.4, 0.5) is 0 Å². The zero-order valence-corrected chi connectivity index (χ0v) is 6.39. The normalized spacial score (nSPS) is 13.7. The van der Waals surface area contributed by atoms with Gasteiger partial charge in [-0.25, -0.2) is 0 Å². The average molecular weight is 131 g/mol. The van der Waals surface area contributed by atoms with Crippen LogP contribution in [0.25, 0.3) is 0 Å². The van der Waals surface area contributed by atoms with Gasteiger partial charge in [0, 0.05) is 13.0 Å². The monoisotopic (exact) mass is 131 g/mol. The van der Waals surface area contributed by atoms with Crippen LogP contribution in [0.1, 0.15) is 20.3 Å². The van der Waals surface area contributed by atoms with E-state index in [0.29, 0.717) is 6.04 Å². The van der Waals surface area contributed by atoms with Gasteiger partial charge in [0.2, 0.25) is 0 Å². The lowest BCUT2D eigenvalue weighted by Gasteiger charge is -2.09. The minimum atomic E-state index is 0.594. The van der Waals surface area contributed by atoms with Gasteiger partial charge in [-0.3, -0.25) is 0 Å². The Morgan fingerprint density at radius 1 is 1.67 bits per heavy atom. The van der Waals surface area contributed by atoms with Gasteiger partial charge in [0.15, 0.2) is 0 Å². The highest BCUT2D eigenvalue weighted by Gasteiger charge is 1.96. The second kappa shape index (κ2) is 6.05. The van der Waals surface area contributed by atoms with Crippen molar-refractivity contribution in [2.45, 2.75) is 26.3 Å². The molecule has 0 amide bonds. The maximum Gasteiger partial charge on any atom is 0.0613 e. The summed E-state index contributed by atoms with van der Waals surface area (Å²) < 4.78 is 5.16. The molecule has 0 rings (SSSR count). The first-order valence-electron chi connectivity index (χ1n) is 3.51. The molecule has 0 aliphatic carbocycles. The Morgan fingerprint density at radius 2 is 2.33 bits per heavy atom. The van der Waals surface area contributed by atoms with Crippen molar-refractivity contribution in [3.8, 4) is 0 Å². The van der Waals surface area contributed by atoms with E-state index in [0.717, 1.165) is 19.6 Å². The van der Waals surface area contributed by atoms with Crippen LogP contribution < -0.4 is 5.32 Å². The van der Waals surface area contributed by atoms with Crippen molar-refractivity contribution in [3.63, 3.8) is 0 Å². The van der Waals surface area contributed by atoms with Crippen LogP contribution in [0, 0.1) is 7.05 Å². The molecule has 0 bridgehead atoms. The molecule has 1 atom stereocenters. The molecule has 2 N–H and O–H groups in total. The van der Waals surface area contributed by atoms with E-state index in [1.165, 1.54) is 0 Å². The Labute approximate surface area is 57.6 Å². The van der Waals surface area contributed by atoms with E-state index in [-0.39, 0.29) is 0 Å². The first-order valence-corrected chi connectivity index (χ1v) is 3.51. The molecule has 0 aromatic rings. The minimum absolute atomic E-state index is 0.594. The lowest BCUT2D eigenvalue weighted by atomic mass is 10.2. The van der Waals surface area contributed by atoms with Crippen LogP contribution in [-0.4, -0.2) is 19.3 Å². The molecule has 0 aromatic heterocycles. The van der Waals surface area contributed by atoms with Gasteiger partial charge in [-0.2, -0.15) is 7.05 Å². The number of nitrogens with two attached hydrogens (primary N) is 1. The lowest BCUT2D eigenvalue weighted by Crippen LogP contribution is -2.82. The standard InChI is InChI=1S/C7H17NO/c1-4-9-6-5-7(2)8-3/h7H,3-6,8H2,1-2H3. The Kier molecular flexibility index (Phi) is 5.99. The van der Waals surface area contributed by atoms with Crippen molar-refractivity contribution in [1.82, 2.24) is 0 Å². The van der Waals surface area contributed by atoms with E-state index < -0.39 is 0 Å². The van der Waals surface area contributed by atoms with Crippen molar-refractivity contribution in [3.05, 3.63) is 7.05 Å². The molecule has 0 fully saturated rings. The highest BCUT2D eigenvalue weighted by Crippen LogP contribution is 1.84. The topological polar surface area (TPSA) is 25.8 Å². The van der Waals surface area contributed by atoms with Gasteiger partial charge in [-0.05, 0) is 13.8 Å². The van der Waals surface area contributed by atoms with Gasteiger partial charge in [0.05, 0.1) is 12.6 Å². The molecule has 0 saturated heterocycles. The zero-order chi connectivity index (χ0) is 7.11. The Morgan fingerprint density at radius 3 is 2.78 bits per heavy atom. The number of quaternary nitrogens is 1. The van der Waals surface area contributed by atoms with Gasteiger partial charge in [-0.15, -0.1) is 0 Å². The third-order valence-electron chi connectivity index (χ3n) is 1.32. The van der Waals surface area contributed by atoms with Crippen LogP contribution in [-0.2, 0) is 4.74 Å². The molecule has 0 aliphatic heterocycles. The molecular weight excluding hydrogens is 114 g/mol. The summed E-state index contributed by atoms with van der Waals surface area (Å²) in [6.07, 6.45) is 1.09. The van der Waals surface area contributed by atoms with Crippen LogP contribution in [0.2, 0.25) is 0 Å². The molecule has 0 aliphatic rings. The molecule has 0 spiro atoms. The third kappa shape index (κ3) is 5.80. The SMILES string of the molecule is [CH2-][NH2+]C(C)CCOCC. The summed E-state index contributed by atoms with van der Waals surface area (Å²) in [5, 5.41) is 1.96. The predicted octanol–water partition coefficient (Wildman–Crippen LogP) is 0.156. The van der Waals surface area contributed by atoms with E-state index in [4.69, 9.17) is 4.74 Å². The molecule has 1 unspecified atom stereocenters. The fourth-order valence-corrected chi connectivity index (χ4v) is 0.531. The molecule has 2 nitrogen and oxygen atoms in total.